The van der Waals surface area contributed by atoms with Crippen LogP contribution in [0.25, 0.3) is 0 Å². The highest BCUT2D eigenvalue weighted by Gasteiger charge is 2.52. The van der Waals surface area contributed by atoms with E-state index in [-0.39, 0.29) is 0 Å². The summed E-state index contributed by atoms with van der Waals surface area (Å²) in [6, 6.07) is 13.2. The van der Waals surface area contributed by atoms with Gasteiger partial charge in [-0.15, -0.1) is 0 Å². The molecule has 1 aliphatic rings. The normalized spacial score (nSPS) is 18.6. The number of alkyl halides is 3. The summed E-state index contributed by atoms with van der Waals surface area (Å²) in [7, 11) is 0.874. The first-order chi connectivity index (χ1) is 12.4. The summed E-state index contributed by atoms with van der Waals surface area (Å²) >= 11 is 0. The van der Waals surface area contributed by atoms with Crippen molar-refractivity contribution in [2.75, 3.05) is 11.9 Å². The second-order valence-corrected chi connectivity index (χ2v) is 7.79. The van der Waals surface area contributed by atoms with Crippen LogP contribution in [0.4, 0.5) is 24.5 Å². The SMILES string of the molecule is CN(c1ccccc1)c1cc(B2OC(C)(C)C(C)(C)O2)cc(C(F)(F)F)c1. The molecule has 0 radical (unpaired) electrons. The zero-order valence-corrected chi connectivity index (χ0v) is 16.1. The van der Waals surface area contributed by atoms with Crippen molar-refractivity contribution in [1.82, 2.24) is 0 Å². The second-order valence-electron chi connectivity index (χ2n) is 7.79. The Kier molecular flexibility index (Phi) is 4.81. The molecule has 1 aliphatic heterocycles. The smallest absolute Gasteiger partial charge is 0.399 e. The van der Waals surface area contributed by atoms with Crippen LogP contribution in [0.1, 0.15) is 33.3 Å². The summed E-state index contributed by atoms with van der Waals surface area (Å²) in [4.78, 5) is 1.71. The largest absolute Gasteiger partial charge is 0.494 e. The lowest BCUT2D eigenvalue weighted by atomic mass is 9.78. The Balaban J connectivity index is 2.05. The minimum absolute atomic E-state index is 0.348. The third kappa shape index (κ3) is 3.85. The summed E-state index contributed by atoms with van der Waals surface area (Å²) in [5.41, 5.74) is -0.430. The fourth-order valence-corrected chi connectivity index (χ4v) is 2.91. The summed E-state index contributed by atoms with van der Waals surface area (Å²) in [5, 5.41) is 0. The Morgan fingerprint density at radius 3 is 1.93 bits per heavy atom. The number of nitrogens with zero attached hydrogens (tertiary/aromatic N) is 1. The summed E-state index contributed by atoms with van der Waals surface area (Å²) < 4.78 is 52.4. The highest BCUT2D eigenvalue weighted by atomic mass is 19.4. The summed E-state index contributed by atoms with van der Waals surface area (Å²) in [6.45, 7) is 7.49. The minimum Gasteiger partial charge on any atom is -0.399 e. The Morgan fingerprint density at radius 2 is 1.41 bits per heavy atom. The van der Waals surface area contributed by atoms with Crippen molar-refractivity contribution in [2.24, 2.45) is 0 Å². The lowest BCUT2D eigenvalue weighted by Crippen LogP contribution is -2.41. The lowest BCUT2D eigenvalue weighted by molar-refractivity contribution is -0.137. The van der Waals surface area contributed by atoms with E-state index < -0.39 is 30.1 Å². The van der Waals surface area contributed by atoms with Crippen LogP contribution in [-0.4, -0.2) is 25.4 Å². The third-order valence-corrected chi connectivity index (χ3v) is 5.32. The van der Waals surface area contributed by atoms with Crippen molar-refractivity contribution in [1.29, 1.82) is 0 Å². The number of halogens is 3. The van der Waals surface area contributed by atoms with E-state index in [9.17, 15) is 13.2 Å². The fourth-order valence-electron chi connectivity index (χ4n) is 2.91. The number of anilines is 2. The van der Waals surface area contributed by atoms with Gasteiger partial charge in [0.15, 0.2) is 0 Å². The van der Waals surface area contributed by atoms with Gasteiger partial charge < -0.3 is 14.2 Å². The van der Waals surface area contributed by atoms with Gasteiger partial charge in [0.2, 0.25) is 0 Å². The van der Waals surface area contributed by atoms with E-state index >= 15 is 0 Å². The van der Waals surface area contributed by atoms with Crippen molar-refractivity contribution in [3.63, 3.8) is 0 Å². The molecule has 1 saturated heterocycles. The topological polar surface area (TPSA) is 21.7 Å². The van der Waals surface area contributed by atoms with Crippen LogP contribution >= 0.6 is 0 Å². The molecule has 1 heterocycles. The van der Waals surface area contributed by atoms with Crippen molar-refractivity contribution in [3.05, 3.63) is 54.1 Å². The number of para-hydroxylation sites is 1. The van der Waals surface area contributed by atoms with Gasteiger partial charge in [-0.3, -0.25) is 0 Å². The molecule has 0 spiro atoms. The van der Waals surface area contributed by atoms with Crippen LogP contribution in [0.15, 0.2) is 48.5 Å². The molecule has 144 valence electrons. The molecule has 0 aliphatic carbocycles. The van der Waals surface area contributed by atoms with Crippen LogP contribution in [-0.2, 0) is 15.5 Å². The maximum atomic E-state index is 13.5. The van der Waals surface area contributed by atoms with Crippen LogP contribution in [0.5, 0.6) is 0 Å². The molecular weight excluding hydrogens is 354 g/mol. The minimum atomic E-state index is -4.47. The molecule has 7 heteroatoms. The Hall–Kier alpha value is -1.99. The first kappa shape index (κ1) is 19.8. The van der Waals surface area contributed by atoms with Gasteiger partial charge in [0.05, 0.1) is 16.8 Å². The van der Waals surface area contributed by atoms with Gasteiger partial charge in [-0.1, -0.05) is 24.3 Å². The van der Waals surface area contributed by atoms with Crippen molar-refractivity contribution in [2.45, 2.75) is 45.1 Å². The highest BCUT2D eigenvalue weighted by Crippen LogP contribution is 2.38. The van der Waals surface area contributed by atoms with E-state index in [4.69, 9.17) is 9.31 Å². The Bertz CT molecular complexity index is 806. The van der Waals surface area contributed by atoms with E-state index in [1.165, 1.54) is 0 Å². The van der Waals surface area contributed by atoms with E-state index in [1.807, 2.05) is 58.0 Å². The monoisotopic (exact) mass is 377 g/mol. The zero-order chi connectivity index (χ0) is 20.0. The molecule has 2 aromatic rings. The van der Waals surface area contributed by atoms with Gasteiger partial charge in [-0.2, -0.15) is 13.2 Å². The Labute approximate surface area is 158 Å². The first-order valence-corrected chi connectivity index (χ1v) is 8.77. The number of benzene rings is 2. The fraction of sp³-hybridized carbons (Fsp3) is 0.400. The summed E-state index contributed by atoms with van der Waals surface area (Å²) in [5.74, 6) is 0. The second kappa shape index (κ2) is 6.57. The van der Waals surface area contributed by atoms with Gasteiger partial charge in [-0.05, 0) is 57.4 Å². The van der Waals surface area contributed by atoms with Crippen LogP contribution in [0.3, 0.4) is 0 Å². The average Bonchev–Trinajstić information content (AvgIpc) is 2.81. The van der Waals surface area contributed by atoms with Crippen LogP contribution in [0.2, 0.25) is 0 Å². The third-order valence-electron chi connectivity index (χ3n) is 5.32. The average molecular weight is 377 g/mol. The van der Waals surface area contributed by atoms with E-state index in [0.717, 1.165) is 17.8 Å². The molecule has 0 bridgehead atoms. The first-order valence-electron chi connectivity index (χ1n) is 8.77. The predicted molar refractivity (Wildman–Crippen MR) is 102 cm³/mol. The zero-order valence-electron chi connectivity index (χ0n) is 16.1. The lowest BCUT2D eigenvalue weighted by Gasteiger charge is -2.32. The van der Waals surface area contributed by atoms with E-state index in [2.05, 4.69) is 0 Å². The van der Waals surface area contributed by atoms with Gasteiger partial charge in [-0.25, -0.2) is 0 Å². The van der Waals surface area contributed by atoms with Crippen LogP contribution in [0, 0.1) is 0 Å². The molecule has 2 aromatic carbocycles. The summed E-state index contributed by atoms with van der Waals surface area (Å²) in [6.07, 6.45) is -4.47. The quantitative estimate of drug-likeness (QED) is 0.720. The molecular formula is C20H23BF3NO2. The maximum Gasteiger partial charge on any atom is 0.494 e. The van der Waals surface area contributed by atoms with Gasteiger partial charge in [0.1, 0.15) is 0 Å². The van der Waals surface area contributed by atoms with Crippen molar-refractivity contribution < 1.29 is 22.5 Å². The number of hydrogen-bond donors (Lipinski definition) is 0. The van der Waals surface area contributed by atoms with Gasteiger partial charge in [0, 0.05) is 18.4 Å². The molecule has 27 heavy (non-hydrogen) atoms. The van der Waals surface area contributed by atoms with Crippen molar-refractivity contribution in [3.8, 4) is 0 Å². The molecule has 3 nitrogen and oxygen atoms in total. The Morgan fingerprint density at radius 1 is 0.852 bits per heavy atom. The van der Waals surface area contributed by atoms with Crippen molar-refractivity contribution >= 4 is 24.0 Å². The van der Waals surface area contributed by atoms with E-state index in [1.54, 1.807) is 18.0 Å². The molecule has 1 fully saturated rings. The molecule has 0 N–H and O–H groups in total. The number of rotatable bonds is 3. The number of hydrogen-bond acceptors (Lipinski definition) is 3. The van der Waals surface area contributed by atoms with E-state index in [0.29, 0.717) is 11.2 Å². The molecule has 0 saturated carbocycles. The predicted octanol–water partition coefficient (Wildman–Crippen LogP) is 4.77. The molecule has 0 unspecified atom stereocenters. The van der Waals surface area contributed by atoms with Crippen LogP contribution < -0.4 is 10.4 Å². The maximum absolute atomic E-state index is 13.5. The molecule has 0 atom stereocenters. The molecule has 0 aromatic heterocycles. The van der Waals surface area contributed by atoms with Gasteiger partial charge in [0.25, 0.3) is 0 Å². The standard InChI is InChI=1S/C20H23BF3NO2/c1-18(2)19(3,4)27-21(26-18)15-11-14(20(22,23)24)12-17(13-15)25(5)16-9-7-6-8-10-16/h6-13H,1-5H3. The molecule has 3 rings (SSSR count). The molecule has 0 amide bonds. The van der Waals surface area contributed by atoms with Gasteiger partial charge >= 0.3 is 13.3 Å². The highest BCUT2D eigenvalue weighted by molar-refractivity contribution is 6.62.